The molecule has 0 bridgehead atoms. The van der Waals surface area contributed by atoms with Crippen LogP contribution in [-0.4, -0.2) is 17.2 Å². The van der Waals surface area contributed by atoms with Gasteiger partial charge in [-0.1, -0.05) is 0 Å². The molecular formula is C7H5F5O2. The van der Waals surface area contributed by atoms with E-state index in [-0.39, 0.29) is 0 Å². The van der Waals surface area contributed by atoms with Gasteiger partial charge in [-0.15, -0.1) is 0 Å². The minimum Gasteiger partial charge on any atom is -0.466 e. The minimum absolute atomic E-state index is 0.827. The minimum atomic E-state index is -5.81. The molecule has 1 aromatic rings. The first-order chi connectivity index (χ1) is 6.27. The van der Waals surface area contributed by atoms with E-state index in [9.17, 15) is 22.0 Å². The Hall–Kier alpha value is -1.11. The number of aliphatic hydroxyl groups is 1. The Kier molecular flexibility index (Phi) is 2.53. The third-order valence-electron chi connectivity index (χ3n) is 1.53. The fourth-order valence-electron chi connectivity index (χ4n) is 0.781. The van der Waals surface area contributed by atoms with E-state index in [2.05, 4.69) is 4.42 Å². The maximum Gasteiger partial charge on any atom is 0.456 e. The van der Waals surface area contributed by atoms with Gasteiger partial charge in [0.05, 0.1) is 6.26 Å². The van der Waals surface area contributed by atoms with Crippen molar-refractivity contribution in [3.05, 3.63) is 24.2 Å². The Balaban J connectivity index is 2.94. The first kappa shape index (κ1) is 11.0. The molecule has 0 saturated heterocycles. The molecule has 2 nitrogen and oxygen atoms in total. The van der Waals surface area contributed by atoms with E-state index in [0.29, 0.717) is 0 Å². The fourth-order valence-corrected chi connectivity index (χ4v) is 0.781. The van der Waals surface area contributed by atoms with E-state index in [1.165, 1.54) is 0 Å². The van der Waals surface area contributed by atoms with Gasteiger partial charge in [0, 0.05) is 0 Å². The van der Waals surface area contributed by atoms with Crippen LogP contribution >= 0.6 is 0 Å². The molecular weight excluding hydrogens is 211 g/mol. The second-order valence-corrected chi connectivity index (χ2v) is 2.54. The van der Waals surface area contributed by atoms with E-state index < -0.39 is 24.0 Å². The number of furan rings is 1. The van der Waals surface area contributed by atoms with Crippen LogP contribution in [0.25, 0.3) is 0 Å². The van der Waals surface area contributed by atoms with Gasteiger partial charge >= 0.3 is 12.1 Å². The number of hydrogen-bond acceptors (Lipinski definition) is 2. The van der Waals surface area contributed by atoms with Crippen LogP contribution in [0.4, 0.5) is 22.0 Å². The highest BCUT2D eigenvalue weighted by atomic mass is 19.4. The van der Waals surface area contributed by atoms with Crippen LogP contribution in [0, 0.1) is 0 Å². The summed E-state index contributed by atoms with van der Waals surface area (Å²) in [4.78, 5) is 0. The highest BCUT2D eigenvalue weighted by molar-refractivity contribution is 5.07. The van der Waals surface area contributed by atoms with Crippen LogP contribution in [0.2, 0.25) is 0 Å². The van der Waals surface area contributed by atoms with Crippen molar-refractivity contribution in [3.8, 4) is 0 Å². The summed E-state index contributed by atoms with van der Waals surface area (Å²) in [6.07, 6.45) is -7.93. The van der Waals surface area contributed by atoms with Crippen molar-refractivity contribution in [2.45, 2.75) is 18.2 Å². The van der Waals surface area contributed by atoms with Crippen molar-refractivity contribution in [3.63, 3.8) is 0 Å². The number of alkyl halides is 5. The zero-order valence-electron chi connectivity index (χ0n) is 6.55. The molecule has 0 fully saturated rings. The summed E-state index contributed by atoms with van der Waals surface area (Å²) in [7, 11) is 0. The maximum absolute atomic E-state index is 12.5. The summed E-state index contributed by atoms with van der Waals surface area (Å²) in [6.45, 7) is 0. The van der Waals surface area contributed by atoms with Crippen molar-refractivity contribution in [2.24, 2.45) is 0 Å². The molecule has 0 saturated carbocycles. The van der Waals surface area contributed by atoms with Crippen LogP contribution in [-0.2, 0) is 0 Å². The molecule has 0 spiro atoms. The molecule has 0 aliphatic carbocycles. The van der Waals surface area contributed by atoms with Gasteiger partial charge in [0.1, 0.15) is 5.76 Å². The predicted molar refractivity (Wildman–Crippen MR) is 34.7 cm³/mol. The van der Waals surface area contributed by atoms with Crippen molar-refractivity contribution in [1.82, 2.24) is 0 Å². The SMILES string of the molecule is O[C@@H](c1ccco1)C(F)(F)C(F)(F)F. The molecule has 0 aliphatic heterocycles. The first-order valence-corrected chi connectivity index (χ1v) is 3.43. The normalized spacial score (nSPS) is 15.6. The summed E-state index contributed by atoms with van der Waals surface area (Å²) in [6, 6.07) is 1.94. The maximum atomic E-state index is 12.5. The standard InChI is InChI=1S/C7H5F5O2/c8-6(9,7(10,11)12)5(13)4-2-1-3-14-4/h1-3,5,13H/t5-/m0/s1. The molecule has 0 aliphatic rings. The van der Waals surface area contributed by atoms with Crippen molar-refractivity contribution in [1.29, 1.82) is 0 Å². The Bertz CT molecular complexity index is 290. The Morgan fingerprint density at radius 1 is 1.21 bits per heavy atom. The Morgan fingerprint density at radius 3 is 2.14 bits per heavy atom. The smallest absolute Gasteiger partial charge is 0.456 e. The molecule has 1 heterocycles. The molecule has 0 aromatic carbocycles. The van der Waals surface area contributed by atoms with Gasteiger partial charge in [-0.3, -0.25) is 0 Å². The zero-order valence-corrected chi connectivity index (χ0v) is 6.55. The number of aliphatic hydroxyl groups excluding tert-OH is 1. The lowest BCUT2D eigenvalue weighted by Crippen LogP contribution is -2.42. The van der Waals surface area contributed by atoms with Gasteiger partial charge in [-0.25, -0.2) is 0 Å². The summed E-state index contributed by atoms with van der Waals surface area (Å²) in [5.41, 5.74) is 0. The van der Waals surface area contributed by atoms with Gasteiger partial charge in [0.2, 0.25) is 0 Å². The second kappa shape index (κ2) is 3.23. The number of hydrogen-bond donors (Lipinski definition) is 1. The first-order valence-electron chi connectivity index (χ1n) is 3.43. The second-order valence-electron chi connectivity index (χ2n) is 2.54. The Morgan fingerprint density at radius 2 is 1.79 bits per heavy atom. The molecule has 7 heteroatoms. The summed E-state index contributed by atoms with van der Waals surface area (Å²) in [5, 5.41) is 8.71. The third kappa shape index (κ3) is 1.72. The monoisotopic (exact) mass is 216 g/mol. The van der Waals surface area contributed by atoms with Crippen LogP contribution < -0.4 is 0 Å². The molecule has 0 unspecified atom stereocenters. The average molecular weight is 216 g/mol. The van der Waals surface area contributed by atoms with Gasteiger partial charge in [0.25, 0.3) is 0 Å². The van der Waals surface area contributed by atoms with Crippen molar-refractivity contribution >= 4 is 0 Å². The topological polar surface area (TPSA) is 33.4 Å². The predicted octanol–water partition coefficient (Wildman–Crippen LogP) is 2.51. The van der Waals surface area contributed by atoms with Crippen LogP contribution in [0.3, 0.4) is 0 Å². The fraction of sp³-hybridized carbons (Fsp3) is 0.429. The highest BCUT2D eigenvalue weighted by Gasteiger charge is 2.63. The quantitative estimate of drug-likeness (QED) is 0.770. The molecule has 1 rings (SSSR count). The van der Waals surface area contributed by atoms with Gasteiger partial charge < -0.3 is 9.52 Å². The lowest BCUT2D eigenvalue weighted by atomic mass is 10.1. The molecule has 0 radical (unpaired) electrons. The molecule has 0 amide bonds. The van der Waals surface area contributed by atoms with E-state index in [4.69, 9.17) is 5.11 Å². The number of halogens is 5. The molecule has 1 aromatic heterocycles. The van der Waals surface area contributed by atoms with Gasteiger partial charge in [-0.2, -0.15) is 22.0 Å². The van der Waals surface area contributed by atoms with Gasteiger partial charge in [0.15, 0.2) is 6.10 Å². The molecule has 14 heavy (non-hydrogen) atoms. The third-order valence-corrected chi connectivity index (χ3v) is 1.53. The van der Waals surface area contributed by atoms with Crippen LogP contribution in [0.5, 0.6) is 0 Å². The van der Waals surface area contributed by atoms with Crippen LogP contribution in [0.1, 0.15) is 11.9 Å². The molecule has 80 valence electrons. The zero-order chi connectivity index (χ0) is 11.0. The van der Waals surface area contributed by atoms with Crippen LogP contribution in [0.15, 0.2) is 22.8 Å². The lowest BCUT2D eigenvalue weighted by Gasteiger charge is -2.23. The van der Waals surface area contributed by atoms with E-state index in [0.717, 1.165) is 18.4 Å². The summed E-state index contributed by atoms with van der Waals surface area (Å²) in [5.74, 6) is -6.04. The largest absolute Gasteiger partial charge is 0.466 e. The average Bonchev–Trinajstić information content (AvgIpc) is 2.52. The summed E-state index contributed by atoms with van der Waals surface area (Å²) >= 11 is 0. The molecule has 1 N–H and O–H groups in total. The van der Waals surface area contributed by atoms with Crippen molar-refractivity contribution < 1.29 is 31.5 Å². The van der Waals surface area contributed by atoms with Gasteiger partial charge in [-0.05, 0) is 12.1 Å². The van der Waals surface area contributed by atoms with E-state index in [1.807, 2.05) is 0 Å². The summed E-state index contributed by atoms with van der Waals surface area (Å²) < 4.78 is 64.3. The van der Waals surface area contributed by atoms with Crippen molar-refractivity contribution in [2.75, 3.05) is 0 Å². The highest BCUT2D eigenvalue weighted by Crippen LogP contribution is 2.44. The number of rotatable bonds is 2. The molecule has 1 atom stereocenters. The van der Waals surface area contributed by atoms with E-state index in [1.54, 1.807) is 0 Å². The Labute approximate surface area is 74.9 Å². The lowest BCUT2D eigenvalue weighted by molar-refractivity contribution is -0.317. The van der Waals surface area contributed by atoms with E-state index >= 15 is 0 Å².